The molecule has 3 aromatic rings. The van der Waals surface area contributed by atoms with Gasteiger partial charge in [-0.25, -0.2) is 14.6 Å². The third-order valence-electron chi connectivity index (χ3n) is 3.96. The summed E-state index contributed by atoms with van der Waals surface area (Å²) in [6, 6.07) is 12.3. The molecule has 138 valence electrons. The van der Waals surface area contributed by atoms with E-state index in [2.05, 4.69) is 10.3 Å². The summed E-state index contributed by atoms with van der Waals surface area (Å²) in [6.07, 6.45) is 0.156. The van der Waals surface area contributed by atoms with Gasteiger partial charge in [-0.15, -0.1) is 0 Å². The molecule has 0 unspecified atom stereocenters. The van der Waals surface area contributed by atoms with Crippen LogP contribution in [-0.2, 0) is 11.2 Å². The molecule has 0 aliphatic heterocycles. The second kappa shape index (κ2) is 7.82. The van der Waals surface area contributed by atoms with Crippen molar-refractivity contribution in [2.45, 2.75) is 12.5 Å². The third kappa shape index (κ3) is 4.30. The molecule has 0 fully saturated rings. The van der Waals surface area contributed by atoms with Gasteiger partial charge in [-0.1, -0.05) is 53.5 Å². The predicted molar refractivity (Wildman–Crippen MR) is 104 cm³/mol. The van der Waals surface area contributed by atoms with E-state index >= 15 is 0 Å². The summed E-state index contributed by atoms with van der Waals surface area (Å²) < 4.78 is 0. The third-order valence-corrected chi connectivity index (χ3v) is 4.46. The van der Waals surface area contributed by atoms with Crippen molar-refractivity contribution in [1.29, 1.82) is 0 Å². The van der Waals surface area contributed by atoms with E-state index in [0.29, 0.717) is 15.9 Å². The summed E-state index contributed by atoms with van der Waals surface area (Å²) >= 11 is 12.1. The van der Waals surface area contributed by atoms with E-state index in [4.69, 9.17) is 23.2 Å². The minimum Gasteiger partial charge on any atom is -0.480 e. The molecular weight excluding hydrogens is 391 g/mol. The Kier molecular flexibility index (Phi) is 5.48. The number of aromatic carboxylic acids is 1. The number of aliphatic carboxylic acids is 1. The molecule has 0 radical (unpaired) electrons. The summed E-state index contributed by atoms with van der Waals surface area (Å²) in [6.45, 7) is 0. The van der Waals surface area contributed by atoms with Gasteiger partial charge in [-0.05, 0) is 23.8 Å². The SMILES string of the molecule is O=C(O)c1cc2cc(Cl)cc(Cl)c2nc1N[C@@H](Cc1ccccc1)C(=O)O. The predicted octanol–water partition coefficient (Wildman–Crippen LogP) is 4.35. The lowest BCUT2D eigenvalue weighted by atomic mass is 10.1. The second-order valence-corrected chi connectivity index (χ2v) is 6.72. The number of pyridine rings is 1. The lowest BCUT2D eigenvalue weighted by Crippen LogP contribution is -2.32. The molecule has 1 heterocycles. The van der Waals surface area contributed by atoms with E-state index in [0.717, 1.165) is 5.56 Å². The number of carboxylic acid groups (broad SMARTS) is 2. The van der Waals surface area contributed by atoms with Crippen LogP contribution in [0.15, 0.2) is 48.5 Å². The summed E-state index contributed by atoms with van der Waals surface area (Å²) in [7, 11) is 0. The molecule has 1 aromatic heterocycles. The number of halogens is 2. The number of rotatable bonds is 6. The highest BCUT2D eigenvalue weighted by molar-refractivity contribution is 6.38. The van der Waals surface area contributed by atoms with Crippen molar-refractivity contribution in [2.75, 3.05) is 5.32 Å². The van der Waals surface area contributed by atoms with Crippen molar-refractivity contribution in [2.24, 2.45) is 0 Å². The Bertz CT molecular complexity index is 1030. The van der Waals surface area contributed by atoms with Crippen molar-refractivity contribution in [3.63, 3.8) is 0 Å². The number of benzene rings is 2. The molecule has 0 amide bonds. The fraction of sp³-hybridized carbons (Fsp3) is 0.105. The first-order valence-electron chi connectivity index (χ1n) is 7.91. The molecule has 27 heavy (non-hydrogen) atoms. The maximum atomic E-state index is 11.7. The molecule has 2 aromatic carbocycles. The van der Waals surface area contributed by atoms with E-state index in [-0.39, 0.29) is 22.8 Å². The van der Waals surface area contributed by atoms with Crippen molar-refractivity contribution in [1.82, 2.24) is 4.98 Å². The van der Waals surface area contributed by atoms with Gasteiger partial charge in [0, 0.05) is 16.8 Å². The molecule has 0 saturated heterocycles. The van der Waals surface area contributed by atoms with E-state index in [1.54, 1.807) is 30.3 Å². The van der Waals surface area contributed by atoms with Gasteiger partial charge in [0.05, 0.1) is 10.5 Å². The first-order chi connectivity index (χ1) is 12.8. The monoisotopic (exact) mass is 404 g/mol. The Hall–Kier alpha value is -2.83. The zero-order chi connectivity index (χ0) is 19.6. The molecule has 0 bridgehead atoms. The van der Waals surface area contributed by atoms with Crippen LogP contribution in [0.4, 0.5) is 5.82 Å². The normalized spacial score (nSPS) is 11.9. The van der Waals surface area contributed by atoms with Crippen molar-refractivity contribution in [3.8, 4) is 0 Å². The van der Waals surface area contributed by atoms with Crippen LogP contribution in [0.25, 0.3) is 10.9 Å². The molecule has 3 rings (SSSR count). The first kappa shape index (κ1) is 18.9. The number of hydrogen-bond acceptors (Lipinski definition) is 4. The number of hydrogen-bond donors (Lipinski definition) is 3. The summed E-state index contributed by atoms with van der Waals surface area (Å²) in [5.41, 5.74) is 0.956. The molecule has 0 aliphatic rings. The maximum absolute atomic E-state index is 11.7. The van der Waals surface area contributed by atoms with E-state index in [1.807, 2.05) is 6.07 Å². The van der Waals surface area contributed by atoms with E-state index < -0.39 is 18.0 Å². The maximum Gasteiger partial charge on any atom is 0.339 e. The van der Waals surface area contributed by atoms with Crippen molar-refractivity contribution < 1.29 is 19.8 Å². The lowest BCUT2D eigenvalue weighted by Gasteiger charge is -2.17. The largest absolute Gasteiger partial charge is 0.480 e. The number of fused-ring (bicyclic) bond motifs is 1. The number of carboxylic acids is 2. The standard InChI is InChI=1S/C19H14Cl2N2O4/c20-12-7-11-8-13(18(24)25)17(23-16(11)14(21)9-12)22-15(19(26)27)6-10-4-2-1-3-5-10/h1-5,7-9,15H,6H2,(H,22,23)(H,24,25)(H,26,27)/t15-/m0/s1. The fourth-order valence-electron chi connectivity index (χ4n) is 2.70. The minimum atomic E-state index is -1.24. The molecule has 0 saturated carbocycles. The zero-order valence-electron chi connectivity index (χ0n) is 13.8. The van der Waals surface area contributed by atoms with Crippen LogP contribution in [0.2, 0.25) is 10.0 Å². The number of carbonyl (C=O) groups is 2. The summed E-state index contributed by atoms with van der Waals surface area (Å²) in [5.74, 6) is -2.44. The van der Waals surface area contributed by atoms with Crippen LogP contribution in [0.3, 0.4) is 0 Å². The summed E-state index contributed by atoms with van der Waals surface area (Å²) in [4.78, 5) is 27.6. The minimum absolute atomic E-state index is 0.0671. The average Bonchev–Trinajstić information content (AvgIpc) is 2.61. The summed E-state index contributed by atoms with van der Waals surface area (Å²) in [5, 5.41) is 22.8. The van der Waals surface area contributed by atoms with Gasteiger partial charge < -0.3 is 15.5 Å². The topological polar surface area (TPSA) is 99.5 Å². The number of anilines is 1. The molecule has 3 N–H and O–H groups in total. The van der Waals surface area contributed by atoms with Gasteiger partial charge in [0.15, 0.2) is 0 Å². The van der Waals surface area contributed by atoms with Gasteiger partial charge >= 0.3 is 11.9 Å². The number of nitrogens with one attached hydrogen (secondary N) is 1. The highest BCUT2D eigenvalue weighted by Crippen LogP contribution is 2.30. The van der Waals surface area contributed by atoms with Gasteiger partial charge in [-0.2, -0.15) is 0 Å². The van der Waals surface area contributed by atoms with Gasteiger partial charge in [0.25, 0.3) is 0 Å². The van der Waals surface area contributed by atoms with Crippen LogP contribution in [0, 0.1) is 0 Å². The van der Waals surface area contributed by atoms with Gasteiger partial charge in [0.1, 0.15) is 17.4 Å². The van der Waals surface area contributed by atoms with Gasteiger partial charge in [0.2, 0.25) is 0 Å². The Balaban J connectivity index is 2.04. The Morgan fingerprint density at radius 3 is 2.41 bits per heavy atom. The number of nitrogens with zero attached hydrogens (tertiary/aromatic N) is 1. The van der Waals surface area contributed by atoms with Crippen molar-refractivity contribution in [3.05, 3.63) is 69.7 Å². The fourth-order valence-corrected chi connectivity index (χ4v) is 3.25. The van der Waals surface area contributed by atoms with Crippen LogP contribution in [0.5, 0.6) is 0 Å². The molecular formula is C19H14Cl2N2O4. The average molecular weight is 405 g/mol. The van der Waals surface area contributed by atoms with Crippen molar-refractivity contribution >= 4 is 51.9 Å². The number of aromatic nitrogens is 1. The van der Waals surface area contributed by atoms with E-state index in [1.165, 1.54) is 12.1 Å². The Labute approximate surface area is 164 Å². The molecule has 8 heteroatoms. The van der Waals surface area contributed by atoms with E-state index in [9.17, 15) is 19.8 Å². The van der Waals surface area contributed by atoms with Gasteiger partial charge in [-0.3, -0.25) is 0 Å². The van der Waals surface area contributed by atoms with Crippen LogP contribution < -0.4 is 5.32 Å². The Morgan fingerprint density at radius 2 is 1.78 bits per heavy atom. The smallest absolute Gasteiger partial charge is 0.339 e. The Morgan fingerprint density at radius 1 is 1.07 bits per heavy atom. The quantitative estimate of drug-likeness (QED) is 0.564. The highest BCUT2D eigenvalue weighted by atomic mass is 35.5. The molecule has 0 aliphatic carbocycles. The molecule has 0 spiro atoms. The van der Waals surface area contributed by atoms with Crippen LogP contribution in [-0.4, -0.2) is 33.2 Å². The van der Waals surface area contributed by atoms with Crippen LogP contribution in [0.1, 0.15) is 15.9 Å². The first-order valence-corrected chi connectivity index (χ1v) is 8.67. The molecule has 1 atom stereocenters. The zero-order valence-corrected chi connectivity index (χ0v) is 15.3. The van der Waals surface area contributed by atoms with Crippen LogP contribution >= 0.6 is 23.2 Å². The highest BCUT2D eigenvalue weighted by Gasteiger charge is 2.23. The lowest BCUT2D eigenvalue weighted by molar-refractivity contribution is -0.137. The molecule has 6 nitrogen and oxygen atoms in total. The second-order valence-electron chi connectivity index (χ2n) is 5.87.